The second-order valence-electron chi connectivity index (χ2n) is 4.59. The third-order valence-corrected chi connectivity index (χ3v) is 3.25. The van der Waals surface area contributed by atoms with Crippen LogP contribution in [0.4, 0.5) is 5.82 Å². The standard InChI is InChI=1S/C16H13N5/c17-8-7-12-3-5-13(6-4-12)21-11-19-10-15(21)14-2-1-9-20-16(14)18/h1-6,9-11H,7H2,(H2,18,20). The van der Waals surface area contributed by atoms with E-state index in [2.05, 4.69) is 16.0 Å². The molecule has 0 saturated heterocycles. The van der Waals surface area contributed by atoms with Crippen molar-refractivity contribution in [1.29, 1.82) is 5.26 Å². The maximum absolute atomic E-state index is 8.71. The molecule has 3 aromatic rings. The van der Waals surface area contributed by atoms with Gasteiger partial charge in [-0.3, -0.25) is 4.57 Å². The van der Waals surface area contributed by atoms with E-state index in [-0.39, 0.29) is 0 Å². The van der Waals surface area contributed by atoms with Gasteiger partial charge in [-0.2, -0.15) is 5.26 Å². The van der Waals surface area contributed by atoms with Crippen molar-refractivity contribution in [3.8, 4) is 23.0 Å². The van der Waals surface area contributed by atoms with Gasteiger partial charge in [0.1, 0.15) is 5.82 Å². The fraction of sp³-hybridized carbons (Fsp3) is 0.0625. The number of nitrogen functional groups attached to an aromatic ring is 1. The van der Waals surface area contributed by atoms with Crippen molar-refractivity contribution in [3.05, 3.63) is 60.7 Å². The van der Waals surface area contributed by atoms with Crippen LogP contribution in [0.5, 0.6) is 0 Å². The molecule has 2 N–H and O–H groups in total. The number of anilines is 1. The van der Waals surface area contributed by atoms with E-state index >= 15 is 0 Å². The van der Waals surface area contributed by atoms with Crippen LogP contribution in [0.25, 0.3) is 16.9 Å². The van der Waals surface area contributed by atoms with Crippen LogP contribution in [0, 0.1) is 11.3 Å². The number of nitrogens with zero attached hydrogens (tertiary/aromatic N) is 4. The Morgan fingerprint density at radius 3 is 2.71 bits per heavy atom. The van der Waals surface area contributed by atoms with Crippen LogP contribution in [0.3, 0.4) is 0 Å². The van der Waals surface area contributed by atoms with Gasteiger partial charge in [0.15, 0.2) is 0 Å². The summed E-state index contributed by atoms with van der Waals surface area (Å²) in [5.74, 6) is 0.473. The molecule has 0 radical (unpaired) electrons. The zero-order chi connectivity index (χ0) is 14.7. The molecule has 5 nitrogen and oxygen atoms in total. The van der Waals surface area contributed by atoms with Crippen LogP contribution in [-0.2, 0) is 6.42 Å². The number of nitriles is 1. The highest BCUT2D eigenvalue weighted by Gasteiger charge is 2.10. The van der Waals surface area contributed by atoms with E-state index < -0.39 is 0 Å². The van der Waals surface area contributed by atoms with E-state index in [4.69, 9.17) is 11.0 Å². The van der Waals surface area contributed by atoms with Gasteiger partial charge in [-0.25, -0.2) is 9.97 Å². The summed E-state index contributed by atoms with van der Waals surface area (Å²) in [5, 5.41) is 8.71. The molecule has 0 bridgehead atoms. The Morgan fingerprint density at radius 2 is 2.00 bits per heavy atom. The van der Waals surface area contributed by atoms with Crippen molar-refractivity contribution in [2.24, 2.45) is 0 Å². The fourth-order valence-electron chi connectivity index (χ4n) is 2.20. The molecule has 5 heteroatoms. The van der Waals surface area contributed by atoms with Crippen molar-refractivity contribution < 1.29 is 0 Å². The van der Waals surface area contributed by atoms with Gasteiger partial charge >= 0.3 is 0 Å². The van der Waals surface area contributed by atoms with Crippen molar-refractivity contribution in [3.63, 3.8) is 0 Å². The first kappa shape index (κ1) is 12.9. The smallest absolute Gasteiger partial charge is 0.132 e. The first-order valence-corrected chi connectivity index (χ1v) is 6.49. The SMILES string of the molecule is N#CCc1ccc(-n2cncc2-c2cccnc2N)cc1. The number of rotatable bonds is 3. The molecule has 21 heavy (non-hydrogen) atoms. The van der Waals surface area contributed by atoms with E-state index in [0.717, 1.165) is 22.5 Å². The van der Waals surface area contributed by atoms with Crippen LogP contribution in [0.1, 0.15) is 5.56 Å². The third kappa shape index (κ3) is 2.47. The maximum Gasteiger partial charge on any atom is 0.132 e. The maximum atomic E-state index is 8.71. The molecule has 0 unspecified atom stereocenters. The summed E-state index contributed by atoms with van der Waals surface area (Å²) in [6.45, 7) is 0. The normalized spacial score (nSPS) is 10.2. The van der Waals surface area contributed by atoms with Crippen molar-refractivity contribution in [2.75, 3.05) is 5.73 Å². The zero-order valence-electron chi connectivity index (χ0n) is 11.3. The summed E-state index contributed by atoms with van der Waals surface area (Å²) >= 11 is 0. The van der Waals surface area contributed by atoms with Crippen LogP contribution in [0.15, 0.2) is 55.1 Å². The Hall–Kier alpha value is -3.13. The second kappa shape index (κ2) is 5.47. The lowest BCUT2D eigenvalue weighted by atomic mass is 10.1. The van der Waals surface area contributed by atoms with Crippen LogP contribution in [0.2, 0.25) is 0 Å². The number of benzene rings is 1. The predicted molar refractivity (Wildman–Crippen MR) is 80.5 cm³/mol. The lowest BCUT2D eigenvalue weighted by Crippen LogP contribution is -1.99. The minimum atomic E-state index is 0.409. The van der Waals surface area contributed by atoms with E-state index in [1.165, 1.54) is 0 Å². The minimum Gasteiger partial charge on any atom is -0.383 e. The topological polar surface area (TPSA) is 80.5 Å². The Kier molecular flexibility index (Phi) is 3.36. The first-order chi connectivity index (χ1) is 10.3. The van der Waals surface area contributed by atoms with Crippen molar-refractivity contribution in [2.45, 2.75) is 6.42 Å². The Bertz CT molecular complexity index is 796. The molecular weight excluding hydrogens is 262 g/mol. The van der Waals surface area contributed by atoms with Crippen LogP contribution >= 0.6 is 0 Å². The molecule has 0 saturated carbocycles. The number of nitrogens with two attached hydrogens (primary N) is 1. The molecular formula is C16H13N5. The molecule has 2 heterocycles. The summed E-state index contributed by atoms with van der Waals surface area (Å²) in [7, 11) is 0. The first-order valence-electron chi connectivity index (χ1n) is 6.49. The molecule has 0 aliphatic carbocycles. The minimum absolute atomic E-state index is 0.409. The quantitative estimate of drug-likeness (QED) is 0.796. The van der Waals surface area contributed by atoms with Gasteiger partial charge in [0.05, 0.1) is 30.7 Å². The van der Waals surface area contributed by atoms with Gasteiger partial charge < -0.3 is 5.73 Å². The highest BCUT2D eigenvalue weighted by Crippen LogP contribution is 2.26. The van der Waals surface area contributed by atoms with Gasteiger partial charge in [0, 0.05) is 17.4 Å². The van der Waals surface area contributed by atoms with Gasteiger partial charge in [0.25, 0.3) is 0 Å². The van der Waals surface area contributed by atoms with Crippen molar-refractivity contribution in [1.82, 2.24) is 14.5 Å². The molecule has 3 rings (SSSR count). The number of aromatic nitrogens is 3. The van der Waals surface area contributed by atoms with Crippen molar-refractivity contribution >= 4 is 5.82 Å². The molecule has 1 aromatic carbocycles. The lowest BCUT2D eigenvalue weighted by molar-refractivity contribution is 1.06. The summed E-state index contributed by atoms with van der Waals surface area (Å²) in [6, 6.07) is 13.7. The summed E-state index contributed by atoms with van der Waals surface area (Å²) in [5.41, 5.74) is 9.62. The highest BCUT2D eigenvalue weighted by molar-refractivity contribution is 5.71. The number of pyridine rings is 1. The van der Waals surface area contributed by atoms with Gasteiger partial charge in [0.2, 0.25) is 0 Å². The molecule has 0 atom stereocenters. The molecule has 0 amide bonds. The number of hydrogen-bond acceptors (Lipinski definition) is 4. The summed E-state index contributed by atoms with van der Waals surface area (Å²) < 4.78 is 1.95. The molecule has 0 aliphatic heterocycles. The summed E-state index contributed by atoms with van der Waals surface area (Å²) in [4.78, 5) is 8.31. The van der Waals surface area contributed by atoms with Crippen LogP contribution < -0.4 is 5.73 Å². The van der Waals surface area contributed by atoms with E-state index in [0.29, 0.717) is 12.2 Å². The predicted octanol–water partition coefficient (Wildman–Crippen LogP) is 2.58. The van der Waals surface area contributed by atoms with E-state index in [1.807, 2.05) is 41.0 Å². The molecule has 0 aliphatic rings. The van der Waals surface area contributed by atoms with Gasteiger partial charge in [-0.15, -0.1) is 0 Å². The average Bonchev–Trinajstić information content (AvgIpc) is 2.98. The highest BCUT2D eigenvalue weighted by atomic mass is 15.1. The monoisotopic (exact) mass is 275 g/mol. The number of imidazole rings is 1. The fourth-order valence-corrected chi connectivity index (χ4v) is 2.20. The third-order valence-electron chi connectivity index (χ3n) is 3.25. The Balaban J connectivity index is 2.03. The van der Waals surface area contributed by atoms with E-state index in [1.54, 1.807) is 18.7 Å². The molecule has 0 fully saturated rings. The molecule has 0 spiro atoms. The number of hydrogen-bond donors (Lipinski definition) is 1. The van der Waals surface area contributed by atoms with Gasteiger partial charge in [-0.05, 0) is 29.8 Å². The summed E-state index contributed by atoms with van der Waals surface area (Å²) in [6.07, 6.45) is 5.57. The second-order valence-corrected chi connectivity index (χ2v) is 4.59. The molecule has 2 aromatic heterocycles. The lowest BCUT2D eigenvalue weighted by Gasteiger charge is -2.10. The largest absolute Gasteiger partial charge is 0.383 e. The Labute approximate surface area is 122 Å². The van der Waals surface area contributed by atoms with Gasteiger partial charge in [-0.1, -0.05) is 12.1 Å². The Morgan fingerprint density at radius 1 is 1.19 bits per heavy atom. The van der Waals surface area contributed by atoms with E-state index in [9.17, 15) is 0 Å². The average molecular weight is 275 g/mol. The van der Waals surface area contributed by atoms with Crippen LogP contribution in [-0.4, -0.2) is 14.5 Å². The zero-order valence-corrected chi connectivity index (χ0v) is 11.3. The molecule has 102 valence electrons.